The number of carbonyl (C=O) groups excluding carboxylic acids is 1. The van der Waals surface area contributed by atoms with E-state index in [1.54, 1.807) is 0 Å². The number of fused-ring (bicyclic) bond motifs is 1. The van der Waals surface area contributed by atoms with Crippen LogP contribution in [0.1, 0.15) is 12.0 Å². The predicted octanol–water partition coefficient (Wildman–Crippen LogP) is -3.70. The minimum atomic E-state index is -1.77. The molecule has 39 heavy (non-hydrogen) atoms. The lowest BCUT2D eigenvalue weighted by Crippen LogP contribution is -2.60. The maximum absolute atomic E-state index is 11.9. The molecular formula is C24H26N2O13. The van der Waals surface area contributed by atoms with Crippen LogP contribution in [0.25, 0.3) is 0 Å². The van der Waals surface area contributed by atoms with Crippen molar-refractivity contribution in [2.45, 2.75) is 55.6 Å². The molecule has 0 radical (unpaired) electrons. The molecule has 15 nitrogen and oxygen atoms in total. The van der Waals surface area contributed by atoms with Crippen molar-refractivity contribution in [2.75, 3.05) is 6.61 Å². The minimum Gasteiger partial charge on any atom is -0.543 e. The van der Waals surface area contributed by atoms with E-state index in [1.807, 2.05) is 0 Å². The smallest absolute Gasteiger partial charge is 0.351 e. The van der Waals surface area contributed by atoms with E-state index < -0.39 is 73.1 Å². The molecule has 3 aliphatic rings. The quantitative estimate of drug-likeness (QED) is 0.152. The number of hydrogen-bond acceptors (Lipinski definition) is 12. The van der Waals surface area contributed by atoms with Crippen LogP contribution in [0.5, 0.6) is 11.5 Å². The number of aromatic hydroxyl groups is 1. The van der Waals surface area contributed by atoms with Gasteiger partial charge in [0.05, 0.1) is 12.7 Å². The van der Waals surface area contributed by atoms with Crippen molar-refractivity contribution in [3.8, 4) is 11.5 Å². The molecule has 0 aliphatic carbocycles. The molecule has 1 saturated heterocycles. The minimum absolute atomic E-state index is 0.0965. The number of benzene rings is 1. The Labute approximate surface area is 219 Å². The molecule has 7 atom stereocenters. The van der Waals surface area contributed by atoms with Gasteiger partial charge in [0.2, 0.25) is 18.0 Å². The molecule has 0 saturated carbocycles. The fraction of sp³-hybridized carbons (Fsp3) is 0.417. The van der Waals surface area contributed by atoms with Gasteiger partial charge in [-0.3, -0.25) is 0 Å². The zero-order chi connectivity index (χ0) is 28.6. The Balaban J connectivity index is 1.69. The summed E-state index contributed by atoms with van der Waals surface area (Å²) in [6.07, 6.45) is -4.35. The summed E-state index contributed by atoms with van der Waals surface area (Å²) in [5.74, 6) is -4.87. The van der Waals surface area contributed by atoms with Crippen molar-refractivity contribution in [2.24, 2.45) is 0 Å². The third kappa shape index (κ3) is 5.57. The summed E-state index contributed by atoms with van der Waals surface area (Å²) in [6, 6.07) is -0.0120. The molecule has 0 aromatic heterocycles. The van der Waals surface area contributed by atoms with Crippen LogP contribution in [0, 0.1) is 0 Å². The molecule has 4 rings (SSSR count). The first kappa shape index (κ1) is 28.0. The number of aliphatic carboxylic acids is 3. The summed E-state index contributed by atoms with van der Waals surface area (Å²) < 4.78 is 12.1. The highest BCUT2D eigenvalue weighted by atomic mass is 16.7. The topological polar surface area (TPSA) is 249 Å². The number of rotatable bonds is 7. The van der Waals surface area contributed by atoms with Crippen LogP contribution in [-0.4, -0.2) is 114 Å². The van der Waals surface area contributed by atoms with Crippen LogP contribution < -0.4 is 15.2 Å². The van der Waals surface area contributed by atoms with Crippen molar-refractivity contribution in [1.29, 1.82) is 0 Å². The van der Waals surface area contributed by atoms with Gasteiger partial charge in [0.15, 0.2) is 17.7 Å². The maximum Gasteiger partial charge on any atom is 0.351 e. The molecule has 210 valence electrons. The number of phenols is 1. The highest BCUT2D eigenvalue weighted by molar-refractivity contribution is 5.89. The van der Waals surface area contributed by atoms with Gasteiger partial charge in [0.25, 0.3) is 0 Å². The Morgan fingerprint density at radius 3 is 2.46 bits per heavy atom. The molecule has 15 heteroatoms. The van der Waals surface area contributed by atoms with E-state index in [-0.39, 0.29) is 35.5 Å². The molecule has 0 amide bonds. The summed E-state index contributed by atoms with van der Waals surface area (Å²) in [5.41, 5.74) is 0.518. The van der Waals surface area contributed by atoms with E-state index in [4.69, 9.17) is 9.47 Å². The number of carbonyl (C=O) groups is 3. The molecule has 1 aromatic rings. The maximum atomic E-state index is 11.9. The van der Waals surface area contributed by atoms with E-state index in [1.165, 1.54) is 35.1 Å². The van der Waals surface area contributed by atoms with Crippen molar-refractivity contribution >= 4 is 29.8 Å². The predicted molar refractivity (Wildman–Crippen MR) is 124 cm³/mol. The lowest BCUT2D eigenvalue weighted by Gasteiger charge is -2.39. The summed E-state index contributed by atoms with van der Waals surface area (Å²) in [4.78, 5) is 34.7. The van der Waals surface area contributed by atoms with Crippen LogP contribution >= 0.6 is 0 Å². The SMILES string of the molecule is O=C(O)C1=C/C(=C/C=[N+]2c3cc(O[C@@H]4O[C@H](CO)[C@@H](O)[C@H](O)[C@H]4O)c(O)cc3C[C@H]2C(=O)[O-])C[C@H](C(=O)O)N1. The number of carboxylic acids is 3. The number of carboxylic acid groups (broad SMARTS) is 3. The normalized spacial score (nSPS) is 32.3. The molecule has 1 aromatic carbocycles. The Kier molecular flexibility index (Phi) is 7.89. The highest BCUT2D eigenvalue weighted by Gasteiger charge is 2.45. The Morgan fingerprint density at radius 1 is 1.13 bits per heavy atom. The van der Waals surface area contributed by atoms with Crippen molar-refractivity contribution in [1.82, 2.24) is 5.32 Å². The number of ether oxygens (including phenoxy) is 2. The van der Waals surface area contributed by atoms with E-state index in [0.717, 1.165) is 0 Å². The van der Waals surface area contributed by atoms with Gasteiger partial charge in [-0.05, 0) is 17.7 Å². The molecule has 8 N–H and O–H groups in total. The fourth-order valence-electron chi connectivity index (χ4n) is 4.57. The van der Waals surface area contributed by atoms with Crippen molar-refractivity contribution < 1.29 is 69.3 Å². The molecule has 1 fully saturated rings. The first-order chi connectivity index (χ1) is 18.4. The van der Waals surface area contributed by atoms with E-state index in [2.05, 4.69) is 5.32 Å². The molecular weight excluding hydrogens is 524 g/mol. The average Bonchev–Trinajstić information content (AvgIpc) is 3.24. The lowest BCUT2D eigenvalue weighted by molar-refractivity contribution is -0.475. The van der Waals surface area contributed by atoms with E-state index >= 15 is 0 Å². The number of hydrogen-bond donors (Lipinski definition) is 8. The second-order valence-corrected chi connectivity index (χ2v) is 9.20. The average molecular weight is 550 g/mol. The Hall–Kier alpha value is -4.02. The van der Waals surface area contributed by atoms with Gasteiger partial charge < -0.3 is 60.4 Å². The van der Waals surface area contributed by atoms with Crippen LogP contribution in [0.2, 0.25) is 0 Å². The third-order valence-corrected chi connectivity index (χ3v) is 6.63. The standard InChI is InChI=1S/C24H26N2O13/c27-8-17-18(29)19(30)20(31)24(39-17)38-16-7-13-10(6-15(16)28)5-14(23(36)37)26(13)2-1-9-3-11(21(32)33)25-12(4-9)22(34)35/h1-3,6-7,12,14,17-20,24,27,29-31H,4-5,8H2,(H4,28,32,33,34,35,36,37)/t12-,14+,17-,18-,19+,20-,24-/m1/s1. The zero-order valence-electron chi connectivity index (χ0n) is 20.1. The molecule has 0 spiro atoms. The zero-order valence-corrected chi connectivity index (χ0v) is 20.1. The van der Waals surface area contributed by atoms with Crippen LogP contribution in [0.15, 0.2) is 35.6 Å². The Morgan fingerprint density at radius 2 is 1.85 bits per heavy atom. The largest absolute Gasteiger partial charge is 0.543 e. The number of nitrogens with one attached hydrogen (secondary N) is 1. The summed E-state index contributed by atoms with van der Waals surface area (Å²) >= 11 is 0. The van der Waals surface area contributed by atoms with Gasteiger partial charge >= 0.3 is 11.9 Å². The van der Waals surface area contributed by atoms with Gasteiger partial charge in [-0.15, -0.1) is 0 Å². The lowest BCUT2D eigenvalue weighted by atomic mass is 9.99. The molecule has 0 unspecified atom stereocenters. The third-order valence-electron chi connectivity index (χ3n) is 6.63. The van der Waals surface area contributed by atoms with Gasteiger partial charge in [0.1, 0.15) is 42.1 Å². The number of nitrogens with zero attached hydrogens (tertiary/aromatic N) is 1. The highest BCUT2D eigenvalue weighted by Crippen LogP contribution is 2.40. The van der Waals surface area contributed by atoms with Crippen LogP contribution in [-0.2, 0) is 25.5 Å². The number of aliphatic hydroxyl groups is 4. The van der Waals surface area contributed by atoms with E-state index in [9.17, 15) is 55.2 Å². The second kappa shape index (κ2) is 11.0. The number of allylic oxidation sites excluding steroid dienone is 2. The summed E-state index contributed by atoms with van der Waals surface area (Å²) in [7, 11) is 0. The van der Waals surface area contributed by atoms with Gasteiger partial charge in [0, 0.05) is 24.5 Å². The molecule has 0 bridgehead atoms. The van der Waals surface area contributed by atoms with Crippen LogP contribution in [0.3, 0.4) is 0 Å². The fourth-order valence-corrected chi connectivity index (χ4v) is 4.57. The monoisotopic (exact) mass is 550 g/mol. The second-order valence-electron chi connectivity index (χ2n) is 9.20. The Bertz CT molecular complexity index is 1270. The van der Waals surface area contributed by atoms with Crippen molar-refractivity contribution in [3.63, 3.8) is 0 Å². The van der Waals surface area contributed by atoms with Crippen LogP contribution in [0.4, 0.5) is 5.69 Å². The first-order valence-electron chi connectivity index (χ1n) is 11.7. The van der Waals surface area contributed by atoms with E-state index in [0.29, 0.717) is 5.56 Å². The number of phenolic OH excluding ortho intramolecular Hbond substituents is 1. The number of aliphatic hydroxyl groups excluding tert-OH is 4. The van der Waals surface area contributed by atoms with Crippen molar-refractivity contribution in [3.05, 3.63) is 41.1 Å². The van der Waals surface area contributed by atoms with Gasteiger partial charge in [-0.2, -0.15) is 4.58 Å². The summed E-state index contributed by atoms with van der Waals surface area (Å²) in [6.45, 7) is -0.706. The first-order valence-corrected chi connectivity index (χ1v) is 11.7. The molecule has 3 heterocycles. The molecule has 3 aliphatic heterocycles. The van der Waals surface area contributed by atoms with Gasteiger partial charge in [-0.25, -0.2) is 9.59 Å². The summed E-state index contributed by atoms with van der Waals surface area (Å²) in [5, 5.41) is 83.0. The van der Waals surface area contributed by atoms with Gasteiger partial charge in [-0.1, -0.05) is 0 Å².